The number of hydrogen-bond donors (Lipinski definition) is 1. The molecule has 0 spiro atoms. The van der Waals surface area contributed by atoms with E-state index in [0.717, 1.165) is 45.4 Å². The van der Waals surface area contributed by atoms with Gasteiger partial charge in [-0.2, -0.15) is 0 Å². The van der Waals surface area contributed by atoms with Gasteiger partial charge in [-0.3, -0.25) is 0 Å². The summed E-state index contributed by atoms with van der Waals surface area (Å²) < 4.78 is 0. The van der Waals surface area contributed by atoms with E-state index in [4.69, 9.17) is 23.2 Å². The van der Waals surface area contributed by atoms with E-state index in [1.165, 1.54) is 0 Å². The van der Waals surface area contributed by atoms with Crippen molar-refractivity contribution in [3.63, 3.8) is 0 Å². The van der Waals surface area contributed by atoms with Crippen molar-refractivity contribution in [2.45, 2.75) is 20.4 Å². The van der Waals surface area contributed by atoms with E-state index in [1.807, 2.05) is 25.1 Å². The fourth-order valence-corrected chi connectivity index (χ4v) is 2.33. The molecule has 2 rings (SSSR count). The van der Waals surface area contributed by atoms with E-state index in [-0.39, 0.29) is 0 Å². The number of halogens is 2. The molecule has 0 saturated heterocycles. The van der Waals surface area contributed by atoms with Crippen LogP contribution in [0.25, 0.3) is 11.1 Å². The van der Waals surface area contributed by atoms with Crippen molar-refractivity contribution in [1.29, 1.82) is 0 Å². The highest BCUT2D eigenvalue weighted by Gasteiger charge is 2.05. The normalized spacial score (nSPS) is 10.7. The Labute approximate surface area is 124 Å². The highest BCUT2D eigenvalue weighted by Crippen LogP contribution is 2.28. The third-order valence-corrected chi connectivity index (χ3v) is 3.88. The maximum absolute atomic E-state index is 6.31. The van der Waals surface area contributed by atoms with Crippen LogP contribution in [0.1, 0.15) is 18.1 Å². The molecule has 2 aromatic carbocycles. The third-order valence-electron chi connectivity index (χ3n) is 3.12. The monoisotopic (exact) mass is 293 g/mol. The fraction of sp³-hybridized carbons (Fsp3) is 0.250. The van der Waals surface area contributed by atoms with Gasteiger partial charge in [-0.15, -0.1) is 0 Å². The van der Waals surface area contributed by atoms with E-state index < -0.39 is 0 Å². The second-order valence-corrected chi connectivity index (χ2v) is 5.36. The summed E-state index contributed by atoms with van der Waals surface area (Å²) >= 11 is 12.5. The van der Waals surface area contributed by atoms with Crippen LogP contribution in [0.15, 0.2) is 36.4 Å². The molecule has 0 amide bonds. The quantitative estimate of drug-likeness (QED) is 0.829. The average Bonchev–Trinajstić information content (AvgIpc) is 2.40. The highest BCUT2D eigenvalue weighted by atomic mass is 35.5. The van der Waals surface area contributed by atoms with Crippen molar-refractivity contribution < 1.29 is 0 Å². The molecule has 100 valence electrons. The standard InChI is InChI=1S/C16H17Cl2N/c1-3-19-10-14-7-6-13(9-16(14)18)12-5-4-11(2)15(17)8-12/h4-9,19H,3,10H2,1-2H3. The van der Waals surface area contributed by atoms with E-state index in [1.54, 1.807) is 0 Å². The van der Waals surface area contributed by atoms with Crippen LogP contribution in [0, 0.1) is 6.92 Å². The first kappa shape index (κ1) is 14.4. The molecule has 0 atom stereocenters. The minimum absolute atomic E-state index is 0.783. The van der Waals surface area contributed by atoms with Gasteiger partial charge in [-0.05, 0) is 47.9 Å². The van der Waals surface area contributed by atoms with Gasteiger partial charge in [-0.25, -0.2) is 0 Å². The molecule has 0 fully saturated rings. The predicted octanol–water partition coefficient (Wildman–Crippen LogP) is 5.08. The topological polar surface area (TPSA) is 12.0 Å². The lowest BCUT2D eigenvalue weighted by Gasteiger charge is -2.09. The molecule has 19 heavy (non-hydrogen) atoms. The molecule has 0 aromatic heterocycles. The summed E-state index contributed by atoms with van der Waals surface area (Å²) in [6.45, 7) is 5.81. The molecule has 0 aliphatic carbocycles. The molecule has 0 saturated carbocycles. The lowest BCUT2D eigenvalue weighted by molar-refractivity contribution is 0.727. The number of benzene rings is 2. The first-order valence-corrected chi connectivity index (χ1v) is 7.13. The van der Waals surface area contributed by atoms with Gasteiger partial charge in [-0.1, -0.05) is 54.4 Å². The lowest BCUT2D eigenvalue weighted by Crippen LogP contribution is -2.11. The van der Waals surface area contributed by atoms with E-state index >= 15 is 0 Å². The maximum Gasteiger partial charge on any atom is 0.0457 e. The Bertz CT molecular complexity index is 579. The third kappa shape index (κ3) is 3.50. The molecule has 3 heteroatoms. The molecule has 0 bridgehead atoms. The van der Waals surface area contributed by atoms with Crippen LogP contribution in [-0.4, -0.2) is 6.54 Å². The van der Waals surface area contributed by atoms with E-state index in [0.29, 0.717) is 0 Å². The first-order chi connectivity index (χ1) is 9.11. The molecule has 0 radical (unpaired) electrons. The zero-order chi connectivity index (χ0) is 13.8. The summed E-state index contributed by atoms with van der Waals surface area (Å²) in [5, 5.41) is 4.85. The SMILES string of the molecule is CCNCc1ccc(-c2ccc(C)c(Cl)c2)cc1Cl. The summed E-state index contributed by atoms with van der Waals surface area (Å²) in [5.41, 5.74) is 4.38. The number of hydrogen-bond acceptors (Lipinski definition) is 1. The molecule has 1 nitrogen and oxygen atoms in total. The van der Waals surface area contributed by atoms with Gasteiger partial charge in [0, 0.05) is 16.6 Å². The molecular weight excluding hydrogens is 277 g/mol. The van der Waals surface area contributed by atoms with E-state index in [9.17, 15) is 0 Å². The molecule has 0 unspecified atom stereocenters. The number of aryl methyl sites for hydroxylation is 1. The van der Waals surface area contributed by atoms with Crippen molar-refractivity contribution in [3.05, 3.63) is 57.6 Å². The zero-order valence-electron chi connectivity index (χ0n) is 11.1. The molecule has 0 heterocycles. The Hall–Kier alpha value is -1.02. The van der Waals surface area contributed by atoms with Gasteiger partial charge >= 0.3 is 0 Å². The highest BCUT2D eigenvalue weighted by molar-refractivity contribution is 6.32. The molecular formula is C16H17Cl2N. The van der Waals surface area contributed by atoms with Crippen LogP contribution in [0.3, 0.4) is 0 Å². The van der Waals surface area contributed by atoms with Crippen LogP contribution >= 0.6 is 23.2 Å². The van der Waals surface area contributed by atoms with Crippen molar-refractivity contribution in [2.75, 3.05) is 6.54 Å². The Morgan fingerprint density at radius 1 is 0.947 bits per heavy atom. The van der Waals surface area contributed by atoms with Gasteiger partial charge in [0.2, 0.25) is 0 Å². The largest absolute Gasteiger partial charge is 0.313 e. The molecule has 1 N–H and O–H groups in total. The van der Waals surface area contributed by atoms with Crippen molar-refractivity contribution in [2.24, 2.45) is 0 Å². The van der Waals surface area contributed by atoms with E-state index in [2.05, 4.69) is 30.4 Å². The van der Waals surface area contributed by atoms with Crippen LogP contribution in [0.4, 0.5) is 0 Å². The van der Waals surface area contributed by atoms with Gasteiger partial charge in [0.1, 0.15) is 0 Å². The Balaban J connectivity index is 2.30. The second-order valence-electron chi connectivity index (χ2n) is 4.55. The van der Waals surface area contributed by atoms with Crippen molar-refractivity contribution in [3.8, 4) is 11.1 Å². The molecule has 2 aromatic rings. The Kier molecular flexibility index (Phi) is 4.87. The minimum Gasteiger partial charge on any atom is -0.313 e. The fourth-order valence-electron chi connectivity index (χ4n) is 1.90. The van der Waals surface area contributed by atoms with Crippen molar-refractivity contribution in [1.82, 2.24) is 5.32 Å². The van der Waals surface area contributed by atoms with Gasteiger partial charge < -0.3 is 5.32 Å². The van der Waals surface area contributed by atoms with Gasteiger partial charge in [0.15, 0.2) is 0 Å². The number of rotatable bonds is 4. The van der Waals surface area contributed by atoms with Gasteiger partial charge in [0.05, 0.1) is 0 Å². The predicted molar refractivity (Wildman–Crippen MR) is 84.0 cm³/mol. The zero-order valence-corrected chi connectivity index (χ0v) is 12.6. The second kappa shape index (κ2) is 6.42. The Morgan fingerprint density at radius 3 is 2.16 bits per heavy atom. The Morgan fingerprint density at radius 2 is 1.58 bits per heavy atom. The van der Waals surface area contributed by atoms with Crippen LogP contribution in [-0.2, 0) is 6.54 Å². The summed E-state index contributed by atoms with van der Waals surface area (Å²) in [6, 6.07) is 12.2. The average molecular weight is 294 g/mol. The van der Waals surface area contributed by atoms with Crippen LogP contribution < -0.4 is 5.32 Å². The van der Waals surface area contributed by atoms with Crippen molar-refractivity contribution >= 4 is 23.2 Å². The summed E-state index contributed by atoms with van der Waals surface area (Å²) in [7, 11) is 0. The maximum atomic E-state index is 6.31. The molecule has 0 aliphatic heterocycles. The lowest BCUT2D eigenvalue weighted by atomic mass is 10.0. The smallest absolute Gasteiger partial charge is 0.0457 e. The minimum atomic E-state index is 0.783. The number of nitrogens with one attached hydrogen (secondary N) is 1. The molecule has 0 aliphatic rings. The summed E-state index contributed by atoms with van der Waals surface area (Å²) in [5.74, 6) is 0. The van der Waals surface area contributed by atoms with Crippen LogP contribution in [0.2, 0.25) is 10.0 Å². The summed E-state index contributed by atoms with van der Waals surface area (Å²) in [6.07, 6.45) is 0. The first-order valence-electron chi connectivity index (χ1n) is 6.37. The van der Waals surface area contributed by atoms with Gasteiger partial charge in [0.25, 0.3) is 0 Å². The summed E-state index contributed by atoms with van der Waals surface area (Å²) in [4.78, 5) is 0. The van der Waals surface area contributed by atoms with Crippen LogP contribution in [0.5, 0.6) is 0 Å².